The number of nitrogens with one attached hydrogen (secondary N) is 1. The van der Waals surface area contributed by atoms with Gasteiger partial charge in [-0.15, -0.1) is 5.10 Å². The molecule has 0 aliphatic carbocycles. The van der Waals surface area contributed by atoms with Gasteiger partial charge in [-0.05, 0) is 17.4 Å². The van der Waals surface area contributed by atoms with Gasteiger partial charge in [0.1, 0.15) is 18.9 Å². The van der Waals surface area contributed by atoms with Crippen LogP contribution >= 0.6 is 19.4 Å². The Morgan fingerprint density at radius 1 is 1.38 bits per heavy atom. The zero-order valence-corrected chi connectivity index (χ0v) is 18.3. The van der Waals surface area contributed by atoms with Crippen molar-refractivity contribution in [3.63, 3.8) is 0 Å². The molecule has 3 rings (SSSR count). The minimum absolute atomic E-state index is 0. The van der Waals surface area contributed by atoms with Gasteiger partial charge in [-0.3, -0.25) is 23.8 Å². The number of hydrogen-bond donors (Lipinski definition) is 3. The van der Waals surface area contributed by atoms with E-state index in [1.54, 1.807) is 6.92 Å². The number of aliphatic carboxylic acids is 1. The van der Waals surface area contributed by atoms with Crippen LogP contribution in [0.3, 0.4) is 0 Å². The first kappa shape index (κ1) is 31.4. The molecule has 2 saturated heterocycles. The second kappa shape index (κ2) is 13.1. The molecule has 2 fully saturated rings. The molecule has 2 amide bonds. The molecular formula is C14H21N6Na2O10PS. The van der Waals surface area contributed by atoms with E-state index in [2.05, 4.69) is 20.8 Å². The van der Waals surface area contributed by atoms with Gasteiger partial charge < -0.3 is 24.6 Å². The summed E-state index contributed by atoms with van der Waals surface area (Å²) in [5, 5.41) is 23.0. The SMILES string of the molecule is CCOP(=O)(O)Cn1nnnc1SCC(=O)N[C@H]1CON(C2(C(=O)O)CCC(=O)O2)C1=O.[NaH].[NaH]. The number of carbonyl (C=O) groups is 4. The number of aromatic nitrogens is 4. The van der Waals surface area contributed by atoms with Crippen LogP contribution in [-0.2, 0) is 44.1 Å². The van der Waals surface area contributed by atoms with E-state index < -0.39 is 49.4 Å². The van der Waals surface area contributed by atoms with E-state index >= 15 is 0 Å². The van der Waals surface area contributed by atoms with Gasteiger partial charge in [0.15, 0.2) is 0 Å². The molecule has 16 nitrogen and oxygen atoms in total. The summed E-state index contributed by atoms with van der Waals surface area (Å²) in [5.74, 6) is -4.16. The molecule has 2 aliphatic rings. The third kappa shape index (κ3) is 7.22. The summed E-state index contributed by atoms with van der Waals surface area (Å²) in [6, 6.07) is -1.20. The van der Waals surface area contributed by atoms with Crippen LogP contribution in [0.25, 0.3) is 0 Å². The molecule has 3 N–H and O–H groups in total. The summed E-state index contributed by atoms with van der Waals surface area (Å²) in [5.41, 5.74) is -2.27. The third-order valence-corrected chi connectivity index (χ3v) is 6.54. The number of carboxylic acids is 1. The first-order chi connectivity index (χ1) is 15.1. The Morgan fingerprint density at radius 3 is 2.68 bits per heavy atom. The number of hydrogen-bond acceptors (Lipinski definition) is 12. The molecule has 1 aromatic rings. The third-order valence-electron chi connectivity index (χ3n) is 4.29. The summed E-state index contributed by atoms with van der Waals surface area (Å²) < 4.78 is 22.5. The normalized spacial score (nSPS) is 23.5. The number of ether oxygens (including phenoxy) is 1. The van der Waals surface area contributed by atoms with Gasteiger partial charge in [0.05, 0.1) is 18.8 Å². The van der Waals surface area contributed by atoms with Gasteiger partial charge in [-0.25, -0.2) is 9.48 Å². The van der Waals surface area contributed by atoms with Crippen molar-refractivity contribution >= 4 is 102 Å². The number of carbonyl (C=O) groups excluding carboxylic acids is 3. The van der Waals surface area contributed by atoms with Gasteiger partial charge >= 0.3 is 84.4 Å². The van der Waals surface area contributed by atoms with Gasteiger partial charge in [0.25, 0.3) is 5.91 Å². The monoisotopic (exact) mass is 542 g/mol. The van der Waals surface area contributed by atoms with Crippen molar-refractivity contribution in [2.75, 3.05) is 19.0 Å². The van der Waals surface area contributed by atoms with Crippen LogP contribution < -0.4 is 5.32 Å². The zero-order chi connectivity index (χ0) is 23.5. The van der Waals surface area contributed by atoms with Crippen molar-refractivity contribution in [1.82, 2.24) is 30.6 Å². The standard InChI is InChI=1S/C14H19N6O10PS.2Na.2H/c1-2-29-31(26,27)7-19-13(16-17-18-19)32-6-9(21)15-8-5-28-20(11(8)23)14(12(24)25)4-3-10(22)30-14;;;;/h8H,2-7H2,1H3,(H,15,21)(H,24,25)(H,26,27);;;;/t8-,14?;;;;/m0..../s1. The van der Waals surface area contributed by atoms with E-state index in [0.29, 0.717) is 5.06 Å². The minimum atomic E-state index is -3.97. The molecule has 0 spiro atoms. The molecule has 0 radical (unpaired) electrons. The number of tetrazole rings is 1. The van der Waals surface area contributed by atoms with Crippen LogP contribution in [0.5, 0.6) is 0 Å². The Balaban J connectivity index is 0.00000289. The van der Waals surface area contributed by atoms with Crippen molar-refractivity contribution in [3.8, 4) is 0 Å². The van der Waals surface area contributed by atoms with E-state index in [0.717, 1.165) is 16.4 Å². The molecule has 3 atom stereocenters. The van der Waals surface area contributed by atoms with Crippen LogP contribution in [0.2, 0.25) is 0 Å². The molecular weight excluding hydrogens is 521 g/mol. The van der Waals surface area contributed by atoms with Gasteiger partial charge in [-0.2, -0.15) is 5.06 Å². The van der Waals surface area contributed by atoms with Crippen LogP contribution in [0, 0.1) is 0 Å². The molecule has 180 valence electrons. The van der Waals surface area contributed by atoms with Gasteiger partial charge in [-0.1, -0.05) is 11.8 Å². The summed E-state index contributed by atoms with van der Waals surface area (Å²) in [7, 11) is -3.97. The molecule has 2 unspecified atom stereocenters. The van der Waals surface area contributed by atoms with E-state index in [-0.39, 0.29) is 96.1 Å². The molecule has 0 bridgehead atoms. The average Bonchev–Trinajstić information content (AvgIpc) is 3.40. The second-order valence-electron chi connectivity index (χ2n) is 6.56. The second-order valence-corrected chi connectivity index (χ2v) is 9.32. The average molecular weight is 542 g/mol. The van der Waals surface area contributed by atoms with Crippen molar-refractivity contribution in [1.29, 1.82) is 0 Å². The fraction of sp³-hybridized carbons (Fsp3) is 0.643. The predicted molar refractivity (Wildman–Crippen MR) is 115 cm³/mol. The van der Waals surface area contributed by atoms with E-state index in [9.17, 15) is 33.7 Å². The molecule has 3 heterocycles. The number of rotatable bonds is 10. The summed E-state index contributed by atoms with van der Waals surface area (Å²) >= 11 is 0.834. The van der Waals surface area contributed by atoms with Crippen molar-refractivity contribution in [2.24, 2.45) is 0 Å². The quantitative estimate of drug-likeness (QED) is 0.117. The molecule has 0 aromatic carbocycles. The maximum absolute atomic E-state index is 12.6. The number of esters is 1. The number of nitrogens with zero attached hydrogens (tertiary/aromatic N) is 5. The van der Waals surface area contributed by atoms with Gasteiger partial charge in [0.2, 0.25) is 11.1 Å². The van der Waals surface area contributed by atoms with Crippen molar-refractivity contribution in [2.45, 2.75) is 43.0 Å². The van der Waals surface area contributed by atoms with Crippen LogP contribution in [0.1, 0.15) is 19.8 Å². The number of cyclic esters (lactones) is 1. The first-order valence-electron chi connectivity index (χ1n) is 9.15. The van der Waals surface area contributed by atoms with E-state index in [1.807, 2.05) is 0 Å². The predicted octanol–water partition coefficient (Wildman–Crippen LogP) is -2.98. The van der Waals surface area contributed by atoms with E-state index in [1.165, 1.54) is 0 Å². The van der Waals surface area contributed by atoms with Crippen LogP contribution in [0.15, 0.2) is 5.16 Å². The summed E-state index contributed by atoms with van der Waals surface area (Å²) in [6.07, 6.45) is -1.01. The Kier molecular flexibility index (Phi) is 12.1. The fourth-order valence-corrected chi connectivity index (χ4v) is 4.72. The summed E-state index contributed by atoms with van der Waals surface area (Å²) in [6.45, 7) is 1.20. The Labute approximate surface area is 240 Å². The number of hydroxylamine groups is 2. The number of thioether (sulfide) groups is 1. The Morgan fingerprint density at radius 2 is 2.09 bits per heavy atom. The first-order valence-corrected chi connectivity index (χ1v) is 11.9. The summed E-state index contributed by atoms with van der Waals surface area (Å²) in [4.78, 5) is 62.7. The van der Waals surface area contributed by atoms with Crippen LogP contribution in [-0.4, -0.2) is 149 Å². The topological polar surface area (TPSA) is 212 Å². The molecule has 1 aromatic heterocycles. The van der Waals surface area contributed by atoms with E-state index in [4.69, 9.17) is 14.1 Å². The zero-order valence-electron chi connectivity index (χ0n) is 16.6. The Hall–Kier alpha value is -0.590. The Bertz CT molecular complexity index is 985. The van der Waals surface area contributed by atoms with Crippen molar-refractivity contribution < 1.29 is 47.8 Å². The number of carboxylic acid groups (broad SMARTS) is 1. The van der Waals surface area contributed by atoms with Crippen molar-refractivity contribution in [3.05, 3.63) is 0 Å². The molecule has 34 heavy (non-hydrogen) atoms. The molecule has 0 saturated carbocycles. The van der Waals surface area contributed by atoms with Crippen LogP contribution in [0.4, 0.5) is 0 Å². The number of amides is 2. The molecule has 2 aliphatic heterocycles. The van der Waals surface area contributed by atoms with Gasteiger partial charge in [0, 0.05) is 6.42 Å². The fourth-order valence-electron chi connectivity index (χ4n) is 2.92. The maximum atomic E-state index is 12.6. The molecule has 20 heteroatoms.